The van der Waals surface area contributed by atoms with Crippen molar-refractivity contribution in [1.82, 2.24) is 0 Å². The lowest BCUT2D eigenvalue weighted by molar-refractivity contribution is -0.144. The first-order valence-electron chi connectivity index (χ1n) is 9.42. The molecule has 0 bridgehead atoms. The maximum Gasteiger partial charge on any atom is 0.307 e. The lowest BCUT2D eigenvalue weighted by Crippen LogP contribution is -2.44. The maximum absolute atomic E-state index is 11.9. The smallest absolute Gasteiger partial charge is 0.307 e. The van der Waals surface area contributed by atoms with Crippen LogP contribution in [0.2, 0.25) is 0 Å². The fourth-order valence-corrected chi connectivity index (χ4v) is 5.14. The molecule has 0 spiro atoms. The molecule has 0 aromatic heterocycles. The molecule has 2 saturated carbocycles. The summed E-state index contributed by atoms with van der Waals surface area (Å²) in [6.45, 7) is 0. The second-order valence-electron chi connectivity index (χ2n) is 7.84. The molecule has 5 heteroatoms. The zero-order valence-electron chi connectivity index (χ0n) is 14.4. The molecule has 4 N–H and O–H groups in total. The molecule has 5 atom stereocenters. The summed E-state index contributed by atoms with van der Waals surface area (Å²) in [5.41, 5.74) is 8.90. The van der Waals surface area contributed by atoms with Gasteiger partial charge in [-0.3, -0.25) is 4.79 Å². The van der Waals surface area contributed by atoms with Crippen molar-refractivity contribution in [2.45, 2.75) is 57.1 Å². The van der Waals surface area contributed by atoms with E-state index in [-0.39, 0.29) is 29.9 Å². The summed E-state index contributed by atoms with van der Waals surface area (Å²) in [4.78, 5) is 11.9. The minimum Gasteiger partial charge on any atom is -0.489 e. The number of rotatable bonds is 2. The van der Waals surface area contributed by atoms with Crippen molar-refractivity contribution in [3.63, 3.8) is 0 Å². The molecule has 3 aliphatic carbocycles. The standard InChI is InChI=1S/C20H26N2O3/c21-11-5-7-15-17(9-11)25-18-10-12(22)6-8-16(18)19(15)13-3-1-2-4-14(13)20(23)24/h5,7,9,12-14,16,18,21H,1-4,6,8,10,22H2,(H,23,24). The van der Waals surface area contributed by atoms with Crippen LogP contribution in [0.4, 0.5) is 0 Å². The quantitative estimate of drug-likeness (QED) is 0.718. The Labute approximate surface area is 148 Å². The Kier molecular flexibility index (Phi) is 4.28. The topological polar surface area (TPSA) is 96.4 Å². The molecule has 0 saturated heterocycles. The number of nitrogens with two attached hydrogens (primary N) is 1. The molecule has 2 fully saturated rings. The number of carbonyl (C=O) groups is 1. The molecule has 5 unspecified atom stereocenters. The molecule has 0 aromatic carbocycles. The van der Waals surface area contributed by atoms with Gasteiger partial charge in [0.05, 0.1) is 11.6 Å². The number of carboxylic acids is 1. The van der Waals surface area contributed by atoms with E-state index in [1.165, 1.54) is 5.57 Å². The molecule has 25 heavy (non-hydrogen) atoms. The van der Waals surface area contributed by atoms with E-state index < -0.39 is 5.97 Å². The van der Waals surface area contributed by atoms with Crippen LogP contribution in [0.15, 0.2) is 35.1 Å². The van der Waals surface area contributed by atoms with Crippen molar-refractivity contribution in [3.05, 3.63) is 35.1 Å². The van der Waals surface area contributed by atoms with Crippen LogP contribution in [-0.4, -0.2) is 28.9 Å². The largest absolute Gasteiger partial charge is 0.489 e. The molecular formula is C20H26N2O3. The van der Waals surface area contributed by atoms with Gasteiger partial charge in [-0.25, -0.2) is 0 Å². The van der Waals surface area contributed by atoms with Crippen molar-refractivity contribution in [1.29, 1.82) is 5.41 Å². The first-order valence-corrected chi connectivity index (χ1v) is 9.42. The molecule has 1 aliphatic heterocycles. The van der Waals surface area contributed by atoms with Gasteiger partial charge in [-0.05, 0) is 55.7 Å². The number of hydrogen-bond acceptors (Lipinski definition) is 4. The zero-order chi connectivity index (χ0) is 17.6. The average Bonchev–Trinajstić information content (AvgIpc) is 2.59. The molecule has 0 aromatic rings. The van der Waals surface area contributed by atoms with Crippen LogP contribution in [0, 0.1) is 23.2 Å². The second kappa shape index (κ2) is 6.45. The molecule has 5 nitrogen and oxygen atoms in total. The summed E-state index contributed by atoms with van der Waals surface area (Å²) in [5, 5.41) is 17.7. The zero-order valence-corrected chi connectivity index (χ0v) is 14.4. The third kappa shape index (κ3) is 2.95. The van der Waals surface area contributed by atoms with E-state index in [1.54, 1.807) is 12.2 Å². The van der Waals surface area contributed by atoms with Gasteiger partial charge in [0.1, 0.15) is 11.9 Å². The Bertz CT molecular complexity index is 691. The van der Waals surface area contributed by atoms with E-state index in [9.17, 15) is 9.90 Å². The van der Waals surface area contributed by atoms with Gasteiger partial charge in [-0.2, -0.15) is 0 Å². The highest BCUT2D eigenvalue weighted by Gasteiger charge is 2.45. The first kappa shape index (κ1) is 16.6. The number of hydrogen-bond donors (Lipinski definition) is 3. The normalized spacial score (nSPS) is 37.7. The second-order valence-corrected chi connectivity index (χ2v) is 7.84. The Hall–Kier alpha value is -1.88. The van der Waals surface area contributed by atoms with Gasteiger partial charge in [0.25, 0.3) is 0 Å². The molecule has 0 amide bonds. The summed E-state index contributed by atoms with van der Waals surface area (Å²) < 4.78 is 6.24. The van der Waals surface area contributed by atoms with E-state index in [2.05, 4.69) is 0 Å². The van der Waals surface area contributed by atoms with Crippen LogP contribution in [-0.2, 0) is 9.53 Å². The van der Waals surface area contributed by atoms with Gasteiger partial charge >= 0.3 is 5.97 Å². The minimum atomic E-state index is -0.675. The summed E-state index contributed by atoms with van der Waals surface area (Å²) in [6.07, 6.45) is 12.0. The maximum atomic E-state index is 11.9. The highest BCUT2D eigenvalue weighted by molar-refractivity contribution is 6.04. The van der Waals surface area contributed by atoms with E-state index in [4.69, 9.17) is 15.9 Å². The summed E-state index contributed by atoms with van der Waals surface area (Å²) in [6, 6.07) is 0.143. The van der Waals surface area contributed by atoms with Gasteiger partial charge in [0.15, 0.2) is 0 Å². The van der Waals surface area contributed by atoms with Crippen LogP contribution >= 0.6 is 0 Å². The Morgan fingerprint density at radius 1 is 1.16 bits per heavy atom. The molecule has 4 aliphatic rings. The SMILES string of the molecule is N=C1C=CC2=C(C3CCCCC3C(=O)O)C3CCC(N)CC3OC2=C1. The summed E-state index contributed by atoms with van der Waals surface area (Å²) >= 11 is 0. The van der Waals surface area contributed by atoms with Gasteiger partial charge in [-0.15, -0.1) is 0 Å². The summed E-state index contributed by atoms with van der Waals surface area (Å²) in [5.74, 6) is 0.0988. The predicted molar refractivity (Wildman–Crippen MR) is 95.2 cm³/mol. The molecule has 4 rings (SSSR count). The third-order valence-electron chi connectivity index (χ3n) is 6.29. The van der Waals surface area contributed by atoms with E-state index in [0.717, 1.165) is 56.3 Å². The number of fused-ring (bicyclic) bond motifs is 2. The molecule has 0 radical (unpaired) electrons. The number of nitrogens with one attached hydrogen (secondary N) is 1. The van der Waals surface area contributed by atoms with Crippen molar-refractivity contribution in [2.75, 3.05) is 0 Å². The molecule has 1 heterocycles. The average molecular weight is 342 g/mol. The highest BCUT2D eigenvalue weighted by Crippen LogP contribution is 2.49. The minimum absolute atomic E-state index is 0.0180. The highest BCUT2D eigenvalue weighted by atomic mass is 16.5. The van der Waals surface area contributed by atoms with Crippen LogP contribution in [0.1, 0.15) is 44.9 Å². The van der Waals surface area contributed by atoms with Crippen LogP contribution in [0.25, 0.3) is 0 Å². The Morgan fingerprint density at radius 2 is 1.96 bits per heavy atom. The first-order chi connectivity index (χ1) is 12.0. The predicted octanol–water partition coefficient (Wildman–Crippen LogP) is 3.17. The number of aliphatic carboxylic acids is 1. The number of allylic oxidation sites excluding steroid dienone is 3. The number of ether oxygens (including phenoxy) is 1. The van der Waals surface area contributed by atoms with Crippen molar-refractivity contribution >= 4 is 11.7 Å². The lowest BCUT2D eigenvalue weighted by Gasteiger charge is -2.46. The fraction of sp³-hybridized carbons (Fsp3) is 0.600. The van der Waals surface area contributed by atoms with E-state index >= 15 is 0 Å². The third-order valence-corrected chi connectivity index (χ3v) is 6.29. The van der Waals surface area contributed by atoms with Gasteiger partial charge in [0.2, 0.25) is 0 Å². The van der Waals surface area contributed by atoms with Gasteiger partial charge in [-0.1, -0.05) is 12.8 Å². The van der Waals surface area contributed by atoms with Gasteiger partial charge < -0.3 is 21.0 Å². The van der Waals surface area contributed by atoms with E-state index in [0.29, 0.717) is 5.71 Å². The van der Waals surface area contributed by atoms with Gasteiger partial charge in [0, 0.05) is 23.6 Å². The lowest BCUT2D eigenvalue weighted by atomic mass is 9.65. The summed E-state index contributed by atoms with van der Waals surface area (Å²) in [7, 11) is 0. The van der Waals surface area contributed by atoms with Crippen molar-refractivity contribution < 1.29 is 14.6 Å². The van der Waals surface area contributed by atoms with Crippen molar-refractivity contribution in [2.24, 2.45) is 23.5 Å². The molecular weight excluding hydrogens is 316 g/mol. The van der Waals surface area contributed by atoms with Crippen molar-refractivity contribution in [3.8, 4) is 0 Å². The van der Waals surface area contributed by atoms with Crippen LogP contribution in [0.5, 0.6) is 0 Å². The van der Waals surface area contributed by atoms with E-state index in [1.807, 2.05) is 6.08 Å². The monoisotopic (exact) mass is 342 g/mol. The Morgan fingerprint density at radius 3 is 2.76 bits per heavy atom. The Balaban J connectivity index is 1.80. The fourth-order valence-electron chi connectivity index (χ4n) is 5.14. The number of carboxylic acid groups (broad SMARTS) is 1. The van der Waals surface area contributed by atoms with Crippen LogP contribution in [0.3, 0.4) is 0 Å². The molecule has 134 valence electrons. The van der Waals surface area contributed by atoms with Crippen LogP contribution < -0.4 is 5.73 Å².